The van der Waals surface area contributed by atoms with Crippen LogP contribution in [0.2, 0.25) is 0 Å². The van der Waals surface area contributed by atoms with E-state index >= 15 is 0 Å². The number of rotatable bonds is 11. The summed E-state index contributed by atoms with van der Waals surface area (Å²) in [5, 5.41) is 2.52. The molecule has 118 valence electrons. The number of hydrogen-bond donors (Lipinski definition) is 1. The zero-order valence-electron chi connectivity index (χ0n) is 12.6. The summed E-state index contributed by atoms with van der Waals surface area (Å²) in [6.45, 7) is 8.69. The summed E-state index contributed by atoms with van der Waals surface area (Å²) in [6.07, 6.45) is 0. The molecule has 0 fully saturated rings. The quantitative estimate of drug-likeness (QED) is 0.446. The summed E-state index contributed by atoms with van der Waals surface area (Å²) in [5.74, 6) is -0.449. The first-order valence-electron chi connectivity index (χ1n) is 6.99. The molecule has 0 atom stereocenters. The number of carbonyl (C=O) groups is 2. The van der Waals surface area contributed by atoms with Crippen LogP contribution in [-0.4, -0.2) is 69.6 Å². The van der Waals surface area contributed by atoms with E-state index in [9.17, 15) is 9.59 Å². The zero-order chi connectivity index (χ0) is 15.2. The third-order valence-corrected chi connectivity index (χ3v) is 2.40. The van der Waals surface area contributed by atoms with E-state index in [1.807, 2.05) is 13.8 Å². The summed E-state index contributed by atoms with van der Waals surface area (Å²) in [6, 6.07) is -0.322. The van der Waals surface area contributed by atoms with E-state index in [0.717, 1.165) is 0 Å². The third-order valence-electron chi connectivity index (χ3n) is 2.40. The molecule has 0 aliphatic heterocycles. The van der Waals surface area contributed by atoms with Crippen molar-refractivity contribution in [3.63, 3.8) is 0 Å². The molecule has 0 aliphatic carbocycles. The van der Waals surface area contributed by atoms with E-state index in [1.54, 1.807) is 11.8 Å². The number of ether oxygens (including phenoxy) is 3. The molecule has 0 aromatic heterocycles. The Labute approximate surface area is 120 Å². The van der Waals surface area contributed by atoms with E-state index in [1.165, 1.54) is 0 Å². The molecular weight excluding hydrogens is 264 g/mol. The van der Waals surface area contributed by atoms with Crippen molar-refractivity contribution in [3.8, 4) is 0 Å². The Balaban J connectivity index is 4.12. The molecule has 7 nitrogen and oxygen atoms in total. The molecule has 0 saturated carbocycles. The summed E-state index contributed by atoms with van der Waals surface area (Å²) >= 11 is 0. The van der Waals surface area contributed by atoms with Gasteiger partial charge in [-0.25, -0.2) is 4.79 Å². The number of esters is 1. The lowest BCUT2D eigenvalue weighted by atomic mass is 10.5. The van der Waals surface area contributed by atoms with Crippen LogP contribution < -0.4 is 5.32 Å². The zero-order valence-corrected chi connectivity index (χ0v) is 12.6. The second-order valence-corrected chi connectivity index (χ2v) is 3.84. The summed E-state index contributed by atoms with van der Waals surface area (Å²) < 4.78 is 15.2. The Morgan fingerprint density at radius 2 is 1.50 bits per heavy atom. The van der Waals surface area contributed by atoms with Gasteiger partial charge in [-0.05, 0) is 20.8 Å². The standard InChI is InChI=1S/C13H26N2O5/c1-4-18-9-7-15(8-10-19-5-2)13(17)14-11-12(16)20-6-3/h4-11H2,1-3H3,(H,14,17). The number of hydrogen-bond acceptors (Lipinski definition) is 5. The predicted octanol–water partition coefficient (Wildman–Crippen LogP) is 0.634. The maximum absolute atomic E-state index is 11.9. The predicted molar refractivity (Wildman–Crippen MR) is 74.6 cm³/mol. The largest absolute Gasteiger partial charge is 0.465 e. The molecule has 0 spiro atoms. The van der Waals surface area contributed by atoms with Crippen LogP contribution >= 0.6 is 0 Å². The van der Waals surface area contributed by atoms with E-state index in [4.69, 9.17) is 14.2 Å². The van der Waals surface area contributed by atoms with Gasteiger partial charge in [0.1, 0.15) is 6.54 Å². The lowest BCUT2D eigenvalue weighted by molar-refractivity contribution is -0.141. The average Bonchev–Trinajstić information content (AvgIpc) is 2.44. The van der Waals surface area contributed by atoms with Crippen LogP contribution in [0.15, 0.2) is 0 Å². The molecule has 1 N–H and O–H groups in total. The summed E-state index contributed by atoms with van der Waals surface area (Å²) in [7, 11) is 0. The monoisotopic (exact) mass is 290 g/mol. The van der Waals surface area contributed by atoms with Gasteiger partial charge in [-0.3, -0.25) is 4.79 Å². The van der Waals surface area contributed by atoms with Gasteiger partial charge in [-0.1, -0.05) is 0 Å². The molecule has 20 heavy (non-hydrogen) atoms. The Kier molecular flexibility index (Phi) is 11.8. The molecule has 0 aromatic carbocycles. The van der Waals surface area contributed by atoms with Crippen LogP contribution in [0.1, 0.15) is 20.8 Å². The van der Waals surface area contributed by atoms with E-state index in [2.05, 4.69) is 5.32 Å². The van der Waals surface area contributed by atoms with E-state index < -0.39 is 5.97 Å². The fourth-order valence-electron chi connectivity index (χ4n) is 1.42. The Bertz CT molecular complexity index is 263. The van der Waals surface area contributed by atoms with Crippen molar-refractivity contribution >= 4 is 12.0 Å². The molecule has 0 bridgehead atoms. The highest BCUT2D eigenvalue weighted by atomic mass is 16.5. The van der Waals surface area contributed by atoms with Crippen molar-refractivity contribution in [2.75, 3.05) is 52.7 Å². The molecule has 2 amide bonds. The fourth-order valence-corrected chi connectivity index (χ4v) is 1.42. The average molecular weight is 290 g/mol. The highest BCUT2D eigenvalue weighted by Gasteiger charge is 2.14. The molecule has 0 heterocycles. The Morgan fingerprint density at radius 1 is 0.950 bits per heavy atom. The van der Waals surface area contributed by atoms with Gasteiger partial charge in [0, 0.05) is 26.3 Å². The Morgan fingerprint density at radius 3 is 1.95 bits per heavy atom. The van der Waals surface area contributed by atoms with E-state index in [0.29, 0.717) is 46.1 Å². The normalized spacial score (nSPS) is 10.2. The number of nitrogens with zero attached hydrogens (tertiary/aromatic N) is 1. The molecule has 0 unspecified atom stereocenters. The van der Waals surface area contributed by atoms with Crippen molar-refractivity contribution in [1.82, 2.24) is 10.2 Å². The van der Waals surface area contributed by atoms with Crippen LogP contribution in [0.5, 0.6) is 0 Å². The molecule has 0 radical (unpaired) electrons. The van der Waals surface area contributed by atoms with Gasteiger partial charge in [-0.2, -0.15) is 0 Å². The van der Waals surface area contributed by atoms with Crippen molar-refractivity contribution in [2.24, 2.45) is 0 Å². The van der Waals surface area contributed by atoms with Gasteiger partial charge in [0.2, 0.25) is 0 Å². The lowest BCUT2D eigenvalue weighted by Gasteiger charge is -2.22. The minimum atomic E-state index is -0.449. The minimum absolute atomic E-state index is 0.132. The second kappa shape index (κ2) is 12.7. The van der Waals surface area contributed by atoms with Crippen LogP contribution in [0.25, 0.3) is 0 Å². The first-order valence-corrected chi connectivity index (χ1v) is 6.99. The van der Waals surface area contributed by atoms with Crippen LogP contribution in [0.3, 0.4) is 0 Å². The van der Waals surface area contributed by atoms with Gasteiger partial charge in [0.25, 0.3) is 0 Å². The minimum Gasteiger partial charge on any atom is -0.465 e. The maximum Gasteiger partial charge on any atom is 0.325 e. The van der Waals surface area contributed by atoms with Crippen LogP contribution in [-0.2, 0) is 19.0 Å². The number of urea groups is 1. The van der Waals surface area contributed by atoms with Crippen LogP contribution in [0.4, 0.5) is 4.79 Å². The van der Waals surface area contributed by atoms with Gasteiger partial charge >= 0.3 is 12.0 Å². The smallest absolute Gasteiger partial charge is 0.325 e. The van der Waals surface area contributed by atoms with Gasteiger partial charge < -0.3 is 24.4 Å². The SMILES string of the molecule is CCOCCN(CCOCC)C(=O)NCC(=O)OCC. The lowest BCUT2D eigenvalue weighted by Crippen LogP contribution is -2.45. The number of amides is 2. The number of carbonyl (C=O) groups excluding carboxylic acids is 2. The summed E-state index contributed by atoms with van der Waals surface area (Å²) in [5.41, 5.74) is 0. The summed E-state index contributed by atoms with van der Waals surface area (Å²) in [4.78, 5) is 24.7. The first-order chi connectivity index (χ1) is 9.65. The number of nitrogens with one attached hydrogen (secondary N) is 1. The maximum atomic E-state index is 11.9. The van der Waals surface area contributed by atoms with Crippen molar-refractivity contribution in [3.05, 3.63) is 0 Å². The van der Waals surface area contributed by atoms with Crippen molar-refractivity contribution in [2.45, 2.75) is 20.8 Å². The molecule has 0 rings (SSSR count). The molecule has 0 aliphatic rings. The van der Waals surface area contributed by atoms with Gasteiger partial charge in [-0.15, -0.1) is 0 Å². The Hall–Kier alpha value is -1.34. The van der Waals surface area contributed by atoms with Gasteiger partial charge in [0.15, 0.2) is 0 Å². The van der Waals surface area contributed by atoms with Crippen LogP contribution in [0, 0.1) is 0 Å². The van der Waals surface area contributed by atoms with E-state index in [-0.39, 0.29) is 12.6 Å². The third kappa shape index (κ3) is 9.57. The topological polar surface area (TPSA) is 77.1 Å². The molecule has 7 heteroatoms. The first kappa shape index (κ1) is 18.7. The van der Waals surface area contributed by atoms with Gasteiger partial charge in [0.05, 0.1) is 19.8 Å². The molecular formula is C13H26N2O5. The second-order valence-electron chi connectivity index (χ2n) is 3.84. The molecule has 0 saturated heterocycles. The van der Waals surface area contributed by atoms with Crippen molar-refractivity contribution in [1.29, 1.82) is 0 Å². The fraction of sp³-hybridized carbons (Fsp3) is 0.846. The molecule has 0 aromatic rings. The van der Waals surface area contributed by atoms with Crippen molar-refractivity contribution < 1.29 is 23.8 Å². The highest BCUT2D eigenvalue weighted by Crippen LogP contribution is 1.92. The highest BCUT2D eigenvalue weighted by molar-refractivity contribution is 5.80.